The third-order valence-corrected chi connectivity index (χ3v) is 4.71. The molecule has 0 radical (unpaired) electrons. The first-order valence-corrected chi connectivity index (χ1v) is 8.89. The van der Waals surface area contributed by atoms with Crippen LogP contribution >= 0.6 is 0 Å². The monoisotopic (exact) mass is 360 g/mol. The van der Waals surface area contributed by atoms with E-state index in [0.29, 0.717) is 32.7 Å². The Morgan fingerprint density at radius 2 is 2.12 bits per heavy atom. The normalized spacial score (nSPS) is 21.8. The molecule has 4 amide bonds. The first kappa shape index (κ1) is 18.0. The number of nitrogens with zero attached hydrogens (tertiary/aromatic N) is 2. The van der Waals surface area contributed by atoms with Crippen LogP contribution in [0.3, 0.4) is 0 Å². The number of amides is 4. The Balaban J connectivity index is 1.48. The van der Waals surface area contributed by atoms with Gasteiger partial charge >= 0.3 is 6.03 Å². The summed E-state index contributed by atoms with van der Waals surface area (Å²) in [5.74, 6) is 0.515. The molecule has 0 bridgehead atoms. The van der Waals surface area contributed by atoms with Crippen molar-refractivity contribution in [1.29, 1.82) is 0 Å². The number of para-hydroxylation sites is 1. The highest BCUT2D eigenvalue weighted by Gasteiger charge is 2.43. The predicted octanol–water partition coefficient (Wildman–Crippen LogP) is 0.196. The van der Waals surface area contributed by atoms with Crippen molar-refractivity contribution >= 4 is 17.8 Å². The molecule has 2 heterocycles. The van der Waals surface area contributed by atoms with Gasteiger partial charge in [-0.25, -0.2) is 4.79 Å². The molecule has 140 valence electrons. The largest absolute Gasteiger partial charge is 0.492 e. The minimum Gasteiger partial charge on any atom is -0.492 e. The van der Waals surface area contributed by atoms with Crippen LogP contribution in [0.5, 0.6) is 5.75 Å². The molecule has 0 aromatic heterocycles. The van der Waals surface area contributed by atoms with Crippen LogP contribution in [-0.4, -0.2) is 72.5 Å². The molecule has 8 nitrogen and oxygen atoms in total. The molecule has 0 saturated carbocycles. The van der Waals surface area contributed by atoms with Crippen LogP contribution in [0, 0.1) is 0 Å². The lowest BCUT2D eigenvalue weighted by Gasteiger charge is -2.28. The van der Waals surface area contributed by atoms with Crippen LogP contribution in [0.2, 0.25) is 0 Å². The molecule has 1 aromatic rings. The molecule has 2 N–H and O–H groups in total. The summed E-state index contributed by atoms with van der Waals surface area (Å²) >= 11 is 0. The molecule has 2 saturated heterocycles. The smallest absolute Gasteiger partial charge is 0.317 e. The number of piperazine rings is 1. The van der Waals surface area contributed by atoms with Crippen molar-refractivity contribution in [2.75, 3.05) is 32.8 Å². The predicted molar refractivity (Wildman–Crippen MR) is 94.6 cm³/mol. The van der Waals surface area contributed by atoms with Gasteiger partial charge in [0.2, 0.25) is 11.8 Å². The average molecular weight is 360 g/mol. The van der Waals surface area contributed by atoms with Crippen molar-refractivity contribution in [3.8, 4) is 5.75 Å². The van der Waals surface area contributed by atoms with Gasteiger partial charge in [0, 0.05) is 13.1 Å². The maximum Gasteiger partial charge on any atom is 0.317 e. The molecule has 0 spiro atoms. The van der Waals surface area contributed by atoms with Crippen LogP contribution in [0.15, 0.2) is 30.3 Å². The summed E-state index contributed by atoms with van der Waals surface area (Å²) in [4.78, 5) is 39.5. The number of likely N-dealkylation sites (N-methyl/N-ethyl adjacent to an activating group) is 1. The second-order valence-corrected chi connectivity index (χ2v) is 6.40. The number of hydrogen-bond donors (Lipinski definition) is 2. The van der Waals surface area contributed by atoms with Crippen molar-refractivity contribution < 1.29 is 19.1 Å². The second kappa shape index (κ2) is 8.07. The summed E-state index contributed by atoms with van der Waals surface area (Å²) in [6.45, 7) is 3.71. The summed E-state index contributed by atoms with van der Waals surface area (Å²) in [5.41, 5.74) is 0. The highest BCUT2D eigenvalue weighted by Crippen LogP contribution is 2.20. The molecule has 26 heavy (non-hydrogen) atoms. The Bertz CT molecular complexity index is 642. The van der Waals surface area contributed by atoms with Crippen LogP contribution in [-0.2, 0) is 9.59 Å². The van der Waals surface area contributed by atoms with Gasteiger partial charge in [-0.05, 0) is 25.5 Å². The van der Waals surface area contributed by atoms with E-state index in [0.717, 1.165) is 5.75 Å². The quantitative estimate of drug-likeness (QED) is 0.758. The fourth-order valence-electron chi connectivity index (χ4n) is 3.31. The van der Waals surface area contributed by atoms with E-state index < -0.39 is 6.04 Å². The van der Waals surface area contributed by atoms with Crippen molar-refractivity contribution in [3.05, 3.63) is 30.3 Å². The zero-order chi connectivity index (χ0) is 18.5. The lowest BCUT2D eigenvalue weighted by atomic mass is 10.1. The highest BCUT2D eigenvalue weighted by atomic mass is 16.5. The fourth-order valence-corrected chi connectivity index (χ4v) is 3.31. The molecule has 2 fully saturated rings. The van der Waals surface area contributed by atoms with Crippen LogP contribution < -0.4 is 15.4 Å². The average Bonchev–Trinajstić information content (AvgIpc) is 3.08. The Kier molecular flexibility index (Phi) is 5.60. The number of benzene rings is 1. The zero-order valence-corrected chi connectivity index (χ0v) is 14.8. The summed E-state index contributed by atoms with van der Waals surface area (Å²) in [7, 11) is 0. The van der Waals surface area contributed by atoms with Crippen LogP contribution in [0.1, 0.15) is 13.3 Å². The van der Waals surface area contributed by atoms with E-state index in [-0.39, 0.29) is 30.4 Å². The molecule has 2 atom stereocenters. The second-order valence-electron chi connectivity index (χ2n) is 6.40. The van der Waals surface area contributed by atoms with Gasteiger partial charge in [-0.3, -0.25) is 9.59 Å². The van der Waals surface area contributed by atoms with Gasteiger partial charge in [-0.2, -0.15) is 0 Å². The van der Waals surface area contributed by atoms with Crippen LogP contribution in [0.4, 0.5) is 4.79 Å². The maximum absolute atomic E-state index is 12.5. The van der Waals surface area contributed by atoms with Gasteiger partial charge < -0.3 is 25.2 Å². The summed E-state index contributed by atoms with van der Waals surface area (Å²) < 4.78 is 5.64. The third-order valence-electron chi connectivity index (χ3n) is 4.71. The molecule has 0 aliphatic carbocycles. The zero-order valence-electron chi connectivity index (χ0n) is 14.8. The number of urea groups is 1. The number of ether oxygens (including phenoxy) is 1. The molecule has 3 rings (SSSR count). The SMILES string of the molecule is CCN(CCOc1ccccc1)C(=O)N[C@H]1C[C@H]2C(=O)NCC(=O)N2C1. The van der Waals surface area contributed by atoms with E-state index in [1.165, 1.54) is 0 Å². The van der Waals surface area contributed by atoms with Gasteiger partial charge in [0.1, 0.15) is 18.4 Å². The van der Waals surface area contributed by atoms with Crippen molar-refractivity contribution in [3.63, 3.8) is 0 Å². The number of hydrogen-bond acceptors (Lipinski definition) is 4. The first-order chi connectivity index (χ1) is 12.6. The van der Waals surface area contributed by atoms with Crippen molar-refractivity contribution in [2.24, 2.45) is 0 Å². The number of rotatable bonds is 6. The van der Waals surface area contributed by atoms with Gasteiger partial charge in [-0.15, -0.1) is 0 Å². The number of nitrogens with one attached hydrogen (secondary N) is 2. The lowest BCUT2D eigenvalue weighted by Crippen LogP contribution is -2.55. The highest BCUT2D eigenvalue weighted by molar-refractivity contribution is 5.95. The number of carbonyl (C=O) groups excluding carboxylic acids is 3. The Hall–Kier alpha value is -2.77. The molecule has 2 aliphatic rings. The molecule has 8 heteroatoms. The summed E-state index contributed by atoms with van der Waals surface area (Å²) in [6, 6.07) is 8.54. The van der Waals surface area contributed by atoms with Gasteiger partial charge in [0.15, 0.2) is 0 Å². The maximum atomic E-state index is 12.5. The summed E-state index contributed by atoms with van der Waals surface area (Å²) in [6.07, 6.45) is 0.446. The van der Waals surface area contributed by atoms with Crippen molar-refractivity contribution in [1.82, 2.24) is 20.4 Å². The third kappa shape index (κ3) is 4.07. The minimum atomic E-state index is -0.474. The van der Waals surface area contributed by atoms with E-state index >= 15 is 0 Å². The van der Waals surface area contributed by atoms with Gasteiger partial charge in [-0.1, -0.05) is 18.2 Å². The molecule has 2 aliphatic heterocycles. The Labute approximate surface area is 152 Å². The minimum absolute atomic E-state index is 0.0356. The molecule has 0 unspecified atom stereocenters. The number of fused-ring (bicyclic) bond motifs is 1. The molecular weight excluding hydrogens is 336 g/mol. The first-order valence-electron chi connectivity index (χ1n) is 8.89. The molecular formula is C18H24N4O4. The lowest BCUT2D eigenvalue weighted by molar-refractivity contribution is -0.143. The van der Waals surface area contributed by atoms with E-state index in [9.17, 15) is 14.4 Å². The van der Waals surface area contributed by atoms with Gasteiger partial charge in [0.25, 0.3) is 0 Å². The molecule has 1 aromatic carbocycles. The number of carbonyl (C=O) groups is 3. The standard InChI is InChI=1S/C18H24N4O4/c1-2-21(8-9-26-14-6-4-3-5-7-14)18(25)20-13-10-15-17(24)19-11-16(23)22(15)12-13/h3-7,13,15H,2,8-12H2,1H3,(H,19,24)(H,20,25)/t13-,15-/m0/s1. The van der Waals surface area contributed by atoms with Crippen LogP contribution in [0.25, 0.3) is 0 Å². The Morgan fingerprint density at radius 1 is 1.35 bits per heavy atom. The van der Waals surface area contributed by atoms with E-state index in [1.807, 2.05) is 37.3 Å². The topological polar surface area (TPSA) is 91.0 Å². The van der Waals surface area contributed by atoms with Crippen molar-refractivity contribution in [2.45, 2.75) is 25.4 Å². The summed E-state index contributed by atoms with van der Waals surface area (Å²) in [5, 5.41) is 5.52. The van der Waals surface area contributed by atoms with E-state index in [2.05, 4.69) is 10.6 Å². The van der Waals surface area contributed by atoms with E-state index in [1.54, 1.807) is 9.80 Å². The van der Waals surface area contributed by atoms with Gasteiger partial charge in [0.05, 0.1) is 19.1 Å². The fraction of sp³-hybridized carbons (Fsp3) is 0.500. The Morgan fingerprint density at radius 3 is 2.81 bits per heavy atom. The van der Waals surface area contributed by atoms with E-state index in [4.69, 9.17) is 4.74 Å².